The molecule has 2 atom stereocenters. The highest BCUT2D eigenvalue weighted by Gasteiger charge is 2.58. The van der Waals surface area contributed by atoms with Gasteiger partial charge >= 0.3 is 0 Å². The van der Waals surface area contributed by atoms with E-state index in [1.807, 2.05) is 18.2 Å². The molecule has 0 amide bonds. The summed E-state index contributed by atoms with van der Waals surface area (Å²) in [5.74, 6) is 1.04. The van der Waals surface area contributed by atoms with E-state index < -0.39 is 0 Å². The van der Waals surface area contributed by atoms with Crippen molar-refractivity contribution < 1.29 is 0 Å². The van der Waals surface area contributed by atoms with E-state index in [-0.39, 0.29) is 5.41 Å². The van der Waals surface area contributed by atoms with Crippen LogP contribution in [-0.4, -0.2) is 6.54 Å². The number of hydrogen-bond donors (Lipinski definition) is 1. The molecule has 1 fully saturated rings. The molecule has 1 aliphatic carbocycles. The lowest BCUT2D eigenvalue weighted by Gasteiger charge is -2.08. The Morgan fingerprint density at radius 3 is 2.60 bits per heavy atom. The number of hydrogen-bond acceptors (Lipinski definition) is 1. The molecule has 0 bridgehead atoms. The van der Waals surface area contributed by atoms with Crippen molar-refractivity contribution in [2.45, 2.75) is 19.8 Å². The van der Waals surface area contributed by atoms with Gasteiger partial charge in [-0.1, -0.05) is 47.4 Å². The van der Waals surface area contributed by atoms with Gasteiger partial charge in [-0.05, 0) is 41.5 Å². The number of rotatable bonds is 2. The predicted octanol–water partition coefficient (Wildman–Crippen LogP) is 3.80. The molecule has 0 aliphatic heterocycles. The van der Waals surface area contributed by atoms with E-state index in [1.165, 1.54) is 5.56 Å². The van der Waals surface area contributed by atoms with Crippen LogP contribution in [0.1, 0.15) is 25.3 Å². The molecule has 0 heterocycles. The van der Waals surface area contributed by atoms with Crippen molar-refractivity contribution in [1.82, 2.24) is 0 Å². The second-order valence-corrected chi connectivity index (χ2v) is 6.04. The van der Waals surface area contributed by atoms with Crippen molar-refractivity contribution in [1.29, 1.82) is 0 Å². The van der Waals surface area contributed by atoms with E-state index in [4.69, 9.17) is 17.3 Å². The fourth-order valence-corrected chi connectivity index (χ4v) is 3.58. The van der Waals surface area contributed by atoms with Crippen LogP contribution in [0.2, 0.25) is 5.02 Å². The largest absolute Gasteiger partial charge is 0.330 e. The minimum atomic E-state index is 0.280. The van der Waals surface area contributed by atoms with Crippen molar-refractivity contribution >= 4 is 27.5 Å². The van der Waals surface area contributed by atoms with Crippen molar-refractivity contribution in [3.8, 4) is 0 Å². The quantitative estimate of drug-likeness (QED) is 0.880. The summed E-state index contributed by atoms with van der Waals surface area (Å²) in [6.45, 7) is 5.24. The van der Waals surface area contributed by atoms with Crippen molar-refractivity contribution in [3.63, 3.8) is 0 Å². The molecule has 1 aromatic rings. The van der Waals surface area contributed by atoms with Crippen molar-refractivity contribution in [3.05, 3.63) is 33.3 Å². The minimum absolute atomic E-state index is 0.280. The normalized spacial score (nSPS) is 27.8. The molecule has 1 aromatic carbocycles. The second kappa shape index (κ2) is 3.76. The molecule has 0 aromatic heterocycles. The Morgan fingerprint density at radius 1 is 1.47 bits per heavy atom. The van der Waals surface area contributed by atoms with E-state index in [2.05, 4.69) is 29.8 Å². The molecule has 15 heavy (non-hydrogen) atoms. The first-order chi connectivity index (χ1) is 7.00. The van der Waals surface area contributed by atoms with Gasteiger partial charge in [-0.3, -0.25) is 0 Å². The monoisotopic (exact) mass is 287 g/mol. The van der Waals surface area contributed by atoms with E-state index in [0.29, 0.717) is 11.8 Å². The van der Waals surface area contributed by atoms with Gasteiger partial charge in [-0.2, -0.15) is 0 Å². The Morgan fingerprint density at radius 2 is 2.13 bits per heavy atom. The first-order valence-corrected chi connectivity index (χ1v) is 6.31. The Labute approximate surface area is 104 Å². The van der Waals surface area contributed by atoms with Gasteiger partial charge in [0.2, 0.25) is 0 Å². The standard InChI is InChI=1S/C12H15BrClN/c1-12(2)7(6-15)11(12)10-8(13)4-3-5-9(10)14/h3-5,7,11H,6,15H2,1-2H3/t7-,11+/m1/s1. The second-order valence-electron chi connectivity index (χ2n) is 4.78. The third-order valence-corrected chi connectivity index (χ3v) is 4.64. The van der Waals surface area contributed by atoms with E-state index in [0.717, 1.165) is 16.0 Å². The summed E-state index contributed by atoms with van der Waals surface area (Å²) < 4.78 is 1.10. The summed E-state index contributed by atoms with van der Waals surface area (Å²) in [5.41, 5.74) is 7.28. The van der Waals surface area contributed by atoms with Crippen LogP contribution in [0.3, 0.4) is 0 Å². The summed E-state index contributed by atoms with van der Waals surface area (Å²) in [6, 6.07) is 5.95. The van der Waals surface area contributed by atoms with Gasteiger partial charge in [-0.15, -0.1) is 0 Å². The third kappa shape index (κ3) is 1.73. The van der Waals surface area contributed by atoms with Gasteiger partial charge in [-0.25, -0.2) is 0 Å². The summed E-state index contributed by atoms with van der Waals surface area (Å²) in [4.78, 5) is 0. The van der Waals surface area contributed by atoms with Gasteiger partial charge in [0.05, 0.1) is 0 Å². The maximum atomic E-state index is 6.24. The first kappa shape index (κ1) is 11.4. The van der Waals surface area contributed by atoms with Crippen LogP contribution >= 0.6 is 27.5 Å². The Kier molecular flexibility index (Phi) is 2.87. The lowest BCUT2D eigenvalue weighted by molar-refractivity contribution is 0.558. The molecule has 0 saturated heterocycles. The molecule has 1 aliphatic rings. The maximum absolute atomic E-state index is 6.24. The van der Waals surface area contributed by atoms with E-state index >= 15 is 0 Å². The molecule has 0 radical (unpaired) electrons. The highest BCUT2D eigenvalue weighted by molar-refractivity contribution is 9.10. The summed E-state index contributed by atoms with van der Waals surface area (Å²) in [7, 11) is 0. The number of benzene rings is 1. The first-order valence-electron chi connectivity index (χ1n) is 5.14. The fraction of sp³-hybridized carbons (Fsp3) is 0.500. The van der Waals surface area contributed by atoms with Gasteiger partial charge in [0, 0.05) is 9.50 Å². The summed E-state index contributed by atoms with van der Waals surface area (Å²) in [5, 5.41) is 0.846. The maximum Gasteiger partial charge on any atom is 0.0452 e. The Hall–Kier alpha value is -0.0500. The van der Waals surface area contributed by atoms with Gasteiger partial charge < -0.3 is 5.73 Å². The topological polar surface area (TPSA) is 26.0 Å². The van der Waals surface area contributed by atoms with E-state index in [1.54, 1.807) is 0 Å². The lowest BCUT2D eigenvalue weighted by Crippen LogP contribution is -2.05. The molecule has 0 unspecified atom stereocenters. The SMILES string of the molecule is CC1(C)[C@H](CN)[C@H]1c1c(Cl)cccc1Br. The predicted molar refractivity (Wildman–Crippen MR) is 68.2 cm³/mol. The van der Waals surface area contributed by atoms with E-state index in [9.17, 15) is 0 Å². The van der Waals surface area contributed by atoms with Crippen LogP contribution in [0.5, 0.6) is 0 Å². The average Bonchev–Trinajstić information content (AvgIpc) is 2.68. The number of nitrogens with two attached hydrogens (primary N) is 1. The average molecular weight is 289 g/mol. The zero-order chi connectivity index (χ0) is 11.2. The van der Waals surface area contributed by atoms with Gasteiger partial charge in [0.1, 0.15) is 0 Å². The van der Waals surface area contributed by atoms with Crippen LogP contribution in [0.25, 0.3) is 0 Å². The van der Waals surface area contributed by atoms with Gasteiger partial charge in [0.25, 0.3) is 0 Å². The van der Waals surface area contributed by atoms with Crippen molar-refractivity contribution in [2.75, 3.05) is 6.54 Å². The molecule has 3 heteroatoms. The molecular formula is C12H15BrClN. The Bertz CT molecular complexity index is 369. The zero-order valence-corrected chi connectivity index (χ0v) is 11.3. The molecule has 2 N–H and O–H groups in total. The molecule has 2 rings (SSSR count). The summed E-state index contributed by atoms with van der Waals surface area (Å²) >= 11 is 9.81. The zero-order valence-electron chi connectivity index (χ0n) is 8.93. The molecule has 0 spiro atoms. The summed E-state index contributed by atoms with van der Waals surface area (Å²) in [6.07, 6.45) is 0. The third-order valence-electron chi connectivity index (χ3n) is 3.62. The minimum Gasteiger partial charge on any atom is -0.330 e. The molecule has 1 saturated carbocycles. The molecular weight excluding hydrogens is 273 g/mol. The highest BCUT2D eigenvalue weighted by atomic mass is 79.9. The lowest BCUT2D eigenvalue weighted by atomic mass is 10.0. The fourth-order valence-electron chi connectivity index (χ4n) is 2.56. The van der Waals surface area contributed by atoms with Crippen LogP contribution in [0.15, 0.2) is 22.7 Å². The number of halogens is 2. The van der Waals surface area contributed by atoms with Gasteiger partial charge in [0.15, 0.2) is 0 Å². The van der Waals surface area contributed by atoms with Crippen LogP contribution in [0, 0.1) is 11.3 Å². The smallest absolute Gasteiger partial charge is 0.0452 e. The van der Waals surface area contributed by atoms with Crippen LogP contribution in [-0.2, 0) is 0 Å². The highest BCUT2D eigenvalue weighted by Crippen LogP contribution is 2.65. The Balaban J connectivity index is 2.41. The van der Waals surface area contributed by atoms with Crippen molar-refractivity contribution in [2.24, 2.45) is 17.1 Å². The van der Waals surface area contributed by atoms with Crippen LogP contribution < -0.4 is 5.73 Å². The molecule has 82 valence electrons. The molecule has 1 nitrogen and oxygen atoms in total. The van der Waals surface area contributed by atoms with Crippen LogP contribution in [0.4, 0.5) is 0 Å².